The van der Waals surface area contributed by atoms with Crippen molar-refractivity contribution in [2.75, 3.05) is 12.9 Å². The lowest BCUT2D eigenvalue weighted by Gasteiger charge is -2.19. The van der Waals surface area contributed by atoms with Gasteiger partial charge in [-0.1, -0.05) is 13.8 Å². The van der Waals surface area contributed by atoms with Gasteiger partial charge in [0.15, 0.2) is 0 Å². The molecular weight excluding hydrogens is 222 g/mol. The topological polar surface area (TPSA) is 45.4 Å². The zero-order valence-electron chi connectivity index (χ0n) is 10.2. The van der Waals surface area contributed by atoms with Crippen molar-refractivity contribution in [1.82, 2.24) is 5.32 Å². The van der Waals surface area contributed by atoms with Gasteiger partial charge in [-0.25, -0.2) is 0 Å². The molecule has 0 saturated carbocycles. The monoisotopic (exact) mass is 243 g/mol. The highest BCUT2D eigenvalue weighted by Crippen LogP contribution is 2.13. The Labute approximate surface area is 102 Å². The van der Waals surface area contributed by atoms with Crippen LogP contribution in [0, 0.1) is 5.92 Å². The number of aliphatic hydroxyl groups is 1. The lowest BCUT2D eigenvalue weighted by Crippen LogP contribution is -2.36. The van der Waals surface area contributed by atoms with Gasteiger partial charge in [-0.15, -0.1) is 0 Å². The predicted octanol–water partition coefficient (Wildman–Crippen LogP) is 2.25. The summed E-state index contributed by atoms with van der Waals surface area (Å²) in [6.45, 7) is 5.03. The van der Waals surface area contributed by atoms with Gasteiger partial charge >= 0.3 is 0 Å². The minimum atomic E-state index is 0.133. The third-order valence-electron chi connectivity index (χ3n) is 2.54. The number of thioether (sulfide) groups is 1. The molecule has 92 valence electrons. The van der Waals surface area contributed by atoms with Crippen LogP contribution in [0.15, 0.2) is 16.5 Å². The van der Waals surface area contributed by atoms with Crippen molar-refractivity contribution in [1.29, 1.82) is 0 Å². The molecule has 2 N–H and O–H groups in total. The first-order valence-electron chi connectivity index (χ1n) is 5.58. The van der Waals surface area contributed by atoms with Crippen LogP contribution in [-0.2, 0) is 12.3 Å². The summed E-state index contributed by atoms with van der Waals surface area (Å²) >= 11 is 1.75. The summed E-state index contributed by atoms with van der Waals surface area (Å²) in [6.07, 6.45) is 2.06. The first-order valence-corrected chi connectivity index (χ1v) is 6.97. The Kier molecular flexibility index (Phi) is 5.95. The molecule has 0 radical (unpaired) electrons. The average Bonchev–Trinajstić information content (AvgIpc) is 2.67. The SMILES string of the molecule is CSCc1ccc(CN[C@H](CO)C(C)C)o1. The Balaban J connectivity index is 2.41. The summed E-state index contributed by atoms with van der Waals surface area (Å²) in [7, 11) is 0. The van der Waals surface area contributed by atoms with E-state index in [0.717, 1.165) is 17.3 Å². The van der Waals surface area contributed by atoms with E-state index in [1.54, 1.807) is 11.8 Å². The van der Waals surface area contributed by atoms with Gasteiger partial charge in [0.25, 0.3) is 0 Å². The van der Waals surface area contributed by atoms with E-state index in [1.165, 1.54) is 0 Å². The molecule has 0 unspecified atom stereocenters. The van der Waals surface area contributed by atoms with Crippen molar-refractivity contribution in [3.05, 3.63) is 23.7 Å². The Morgan fingerprint density at radius 2 is 2.06 bits per heavy atom. The van der Waals surface area contributed by atoms with Crippen LogP contribution in [0.4, 0.5) is 0 Å². The van der Waals surface area contributed by atoms with E-state index >= 15 is 0 Å². The molecule has 4 heteroatoms. The van der Waals surface area contributed by atoms with Crippen LogP contribution in [-0.4, -0.2) is 24.0 Å². The fourth-order valence-electron chi connectivity index (χ4n) is 1.48. The Morgan fingerprint density at radius 3 is 2.62 bits per heavy atom. The van der Waals surface area contributed by atoms with E-state index in [1.807, 2.05) is 12.1 Å². The molecule has 0 aliphatic heterocycles. The number of hydrogen-bond donors (Lipinski definition) is 2. The fraction of sp³-hybridized carbons (Fsp3) is 0.667. The van der Waals surface area contributed by atoms with Crippen molar-refractivity contribution in [3.63, 3.8) is 0 Å². The molecule has 0 aromatic carbocycles. The maximum atomic E-state index is 9.17. The molecule has 3 nitrogen and oxygen atoms in total. The third kappa shape index (κ3) is 4.20. The van der Waals surface area contributed by atoms with Gasteiger partial charge < -0.3 is 14.8 Å². The highest BCUT2D eigenvalue weighted by atomic mass is 32.2. The molecule has 1 rings (SSSR count). The minimum Gasteiger partial charge on any atom is -0.464 e. The molecule has 0 bridgehead atoms. The molecule has 0 aliphatic rings. The van der Waals surface area contributed by atoms with Crippen molar-refractivity contribution in [3.8, 4) is 0 Å². The van der Waals surface area contributed by atoms with E-state index < -0.39 is 0 Å². The molecule has 1 atom stereocenters. The predicted molar refractivity (Wildman–Crippen MR) is 68.5 cm³/mol. The molecule has 16 heavy (non-hydrogen) atoms. The summed E-state index contributed by atoms with van der Waals surface area (Å²) in [5.41, 5.74) is 0. The van der Waals surface area contributed by atoms with Gasteiger partial charge in [-0.05, 0) is 24.3 Å². The molecular formula is C12H21NO2S. The number of furan rings is 1. The van der Waals surface area contributed by atoms with Gasteiger partial charge in [0.05, 0.1) is 18.9 Å². The number of hydrogen-bond acceptors (Lipinski definition) is 4. The zero-order chi connectivity index (χ0) is 12.0. The molecule has 0 fully saturated rings. The Bertz CT molecular complexity index is 299. The second kappa shape index (κ2) is 6.99. The molecule has 0 spiro atoms. The van der Waals surface area contributed by atoms with Crippen LogP contribution >= 0.6 is 11.8 Å². The highest BCUT2D eigenvalue weighted by Gasteiger charge is 2.11. The maximum absolute atomic E-state index is 9.17. The van der Waals surface area contributed by atoms with Gasteiger partial charge in [0.1, 0.15) is 11.5 Å². The fourth-order valence-corrected chi connectivity index (χ4v) is 1.92. The smallest absolute Gasteiger partial charge is 0.118 e. The number of aliphatic hydroxyl groups excluding tert-OH is 1. The summed E-state index contributed by atoms with van der Waals surface area (Å²) < 4.78 is 5.63. The maximum Gasteiger partial charge on any atom is 0.118 e. The zero-order valence-corrected chi connectivity index (χ0v) is 11.0. The summed E-state index contributed by atoms with van der Waals surface area (Å²) in [5, 5.41) is 12.5. The van der Waals surface area contributed by atoms with Crippen LogP contribution in [0.3, 0.4) is 0 Å². The summed E-state index contributed by atoms with van der Waals surface area (Å²) in [5.74, 6) is 3.27. The normalized spacial score (nSPS) is 13.3. The van der Waals surface area contributed by atoms with Crippen molar-refractivity contribution >= 4 is 11.8 Å². The lowest BCUT2D eigenvalue weighted by atomic mass is 10.1. The number of nitrogens with one attached hydrogen (secondary N) is 1. The summed E-state index contributed by atoms with van der Waals surface area (Å²) in [4.78, 5) is 0. The first-order chi connectivity index (χ1) is 7.67. The van der Waals surface area contributed by atoms with Crippen LogP contribution < -0.4 is 5.32 Å². The van der Waals surface area contributed by atoms with E-state index in [9.17, 15) is 0 Å². The van der Waals surface area contributed by atoms with E-state index in [4.69, 9.17) is 9.52 Å². The number of rotatable bonds is 7. The van der Waals surface area contributed by atoms with Gasteiger partial charge in [-0.2, -0.15) is 11.8 Å². The van der Waals surface area contributed by atoms with Crippen LogP contribution in [0.2, 0.25) is 0 Å². The lowest BCUT2D eigenvalue weighted by molar-refractivity contribution is 0.207. The van der Waals surface area contributed by atoms with E-state index in [-0.39, 0.29) is 12.6 Å². The molecule has 1 aromatic rings. The second-order valence-electron chi connectivity index (χ2n) is 4.22. The highest BCUT2D eigenvalue weighted by molar-refractivity contribution is 7.97. The van der Waals surface area contributed by atoms with Crippen molar-refractivity contribution in [2.24, 2.45) is 5.92 Å². The van der Waals surface area contributed by atoms with Crippen molar-refractivity contribution < 1.29 is 9.52 Å². The minimum absolute atomic E-state index is 0.133. The molecule has 0 saturated heterocycles. The molecule has 0 amide bonds. The third-order valence-corrected chi connectivity index (χ3v) is 3.12. The van der Waals surface area contributed by atoms with Gasteiger partial charge in [0, 0.05) is 6.04 Å². The van der Waals surface area contributed by atoms with E-state index in [0.29, 0.717) is 12.5 Å². The van der Waals surface area contributed by atoms with Crippen LogP contribution in [0.25, 0.3) is 0 Å². The molecule has 0 aliphatic carbocycles. The van der Waals surface area contributed by atoms with Crippen LogP contribution in [0.1, 0.15) is 25.4 Å². The average molecular weight is 243 g/mol. The largest absolute Gasteiger partial charge is 0.464 e. The van der Waals surface area contributed by atoms with Gasteiger partial charge in [0.2, 0.25) is 0 Å². The molecule has 1 heterocycles. The Hall–Kier alpha value is -0.450. The van der Waals surface area contributed by atoms with E-state index in [2.05, 4.69) is 25.4 Å². The van der Waals surface area contributed by atoms with Crippen molar-refractivity contribution in [2.45, 2.75) is 32.2 Å². The second-order valence-corrected chi connectivity index (χ2v) is 5.08. The first kappa shape index (κ1) is 13.6. The quantitative estimate of drug-likeness (QED) is 0.771. The summed E-state index contributed by atoms with van der Waals surface area (Å²) in [6, 6.07) is 4.14. The standard InChI is InChI=1S/C12H21NO2S/c1-9(2)12(7-14)13-6-10-4-5-11(15-10)8-16-3/h4-5,9,12-14H,6-8H2,1-3H3/t12-/m1/s1. The Morgan fingerprint density at radius 1 is 1.38 bits per heavy atom. The van der Waals surface area contributed by atoms with Gasteiger partial charge in [-0.3, -0.25) is 0 Å². The van der Waals surface area contributed by atoms with Crippen LogP contribution in [0.5, 0.6) is 0 Å². The molecule has 1 aromatic heterocycles.